The van der Waals surface area contributed by atoms with Crippen molar-refractivity contribution in [1.82, 2.24) is 5.32 Å². The van der Waals surface area contributed by atoms with E-state index < -0.39 is 5.97 Å². The molecule has 2 rings (SSSR count). The summed E-state index contributed by atoms with van der Waals surface area (Å²) in [4.78, 5) is 11.6. The quantitative estimate of drug-likeness (QED) is 0.763. The normalized spacial score (nSPS) is 12.0. The molecule has 0 fully saturated rings. The van der Waals surface area contributed by atoms with Gasteiger partial charge in [0, 0.05) is 24.2 Å². The van der Waals surface area contributed by atoms with E-state index in [1.54, 1.807) is 18.2 Å². The molecule has 1 atom stereocenters. The third kappa shape index (κ3) is 4.79. The first kappa shape index (κ1) is 17.5. The molecule has 122 valence electrons. The van der Waals surface area contributed by atoms with Crippen molar-refractivity contribution in [3.63, 3.8) is 0 Å². The van der Waals surface area contributed by atoms with Gasteiger partial charge in [0.1, 0.15) is 0 Å². The highest BCUT2D eigenvalue weighted by molar-refractivity contribution is 6.31. The molecule has 23 heavy (non-hydrogen) atoms. The van der Waals surface area contributed by atoms with E-state index in [2.05, 4.69) is 5.32 Å². The highest BCUT2D eigenvalue weighted by Crippen LogP contribution is 2.21. The summed E-state index contributed by atoms with van der Waals surface area (Å²) in [6.45, 7) is 0.575. The van der Waals surface area contributed by atoms with Crippen LogP contribution in [-0.4, -0.2) is 24.8 Å². The van der Waals surface area contributed by atoms with Gasteiger partial charge in [-0.1, -0.05) is 41.9 Å². The summed E-state index contributed by atoms with van der Waals surface area (Å²) in [6.07, 6.45) is 0.596. The fourth-order valence-electron chi connectivity index (χ4n) is 2.39. The predicted molar refractivity (Wildman–Crippen MR) is 90.5 cm³/mol. The molecule has 2 N–H and O–H groups in total. The summed E-state index contributed by atoms with van der Waals surface area (Å²) in [7, 11) is 1.35. The van der Waals surface area contributed by atoms with Crippen molar-refractivity contribution >= 4 is 17.6 Å². The Morgan fingerprint density at radius 3 is 2.65 bits per heavy atom. The number of rotatable bonds is 7. The summed E-state index contributed by atoms with van der Waals surface area (Å²) in [5.41, 5.74) is 2.38. The number of carbonyl (C=O) groups is 1. The van der Waals surface area contributed by atoms with E-state index in [0.29, 0.717) is 23.6 Å². The van der Waals surface area contributed by atoms with Crippen LogP contribution in [-0.2, 0) is 11.3 Å². The van der Waals surface area contributed by atoms with E-state index in [4.69, 9.17) is 16.3 Å². The summed E-state index contributed by atoms with van der Waals surface area (Å²) in [5, 5.41) is 13.2. The highest BCUT2D eigenvalue weighted by Gasteiger charge is 2.13. The van der Waals surface area contributed by atoms with Crippen molar-refractivity contribution in [2.45, 2.75) is 19.0 Å². The Labute approximate surface area is 141 Å². The van der Waals surface area contributed by atoms with Gasteiger partial charge >= 0.3 is 5.97 Å². The first-order valence-corrected chi connectivity index (χ1v) is 7.79. The van der Waals surface area contributed by atoms with Crippen molar-refractivity contribution in [3.05, 3.63) is 70.2 Å². The Hall–Kier alpha value is -1.88. The molecule has 5 heteroatoms. The largest absolute Gasteiger partial charge is 0.465 e. The molecule has 0 aliphatic heterocycles. The molecule has 0 heterocycles. The van der Waals surface area contributed by atoms with Gasteiger partial charge in [0.2, 0.25) is 0 Å². The number of halogens is 1. The molecule has 2 aromatic carbocycles. The number of carbonyl (C=O) groups excluding carboxylic acids is 1. The van der Waals surface area contributed by atoms with Gasteiger partial charge in [-0.05, 0) is 35.7 Å². The molecule has 2 aromatic rings. The van der Waals surface area contributed by atoms with Gasteiger partial charge in [-0.2, -0.15) is 0 Å². The van der Waals surface area contributed by atoms with Gasteiger partial charge in [0.15, 0.2) is 0 Å². The predicted octanol–water partition coefficient (Wildman–Crippen LogP) is 3.34. The van der Waals surface area contributed by atoms with Crippen molar-refractivity contribution in [2.24, 2.45) is 0 Å². The summed E-state index contributed by atoms with van der Waals surface area (Å²) < 4.78 is 4.73. The molecule has 0 radical (unpaired) electrons. The molecule has 1 unspecified atom stereocenters. The van der Waals surface area contributed by atoms with Crippen molar-refractivity contribution in [1.29, 1.82) is 0 Å². The smallest absolute Gasteiger partial charge is 0.337 e. The number of methoxy groups -OCH3 is 1. The van der Waals surface area contributed by atoms with Crippen LogP contribution in [0.5, 0.6) is 0 Å². The lowest BCUT2D eigenvalue weighted by Gasteiger charge is -2.19. The van der Waals surface area contributed by atoms with Crippen LogP contribution in [0.15, 0.2) is 48.5 Å². The molecule has 0 aromatic heterocycles. The number of benzene rings is 2. The van der Waals surface area contributed by atoms with Crippen LogP contribution >= 0.6 is 11.6 Å². The average molecular weight is 334 g/mol. The molecule has 4 nitrogen and oxygen atoms in total. The third-order valence-corrected chi connectivity index (χ3v) is 3.99. The monoisotopic (exact) mass is 333 g/mol. The summed E-state index contributed by atoms with van der Waals surface area (Å²) in [6, 6.07) is 15.0. The molecule has 0 aliphatic carbocycles. The van der Waals surface area contributed by atoms with Crippen molar-refractivity contribution in [3.8, 4) is 0 Å². The fourth-order valence-corrected chi connectivity index (χ4v) is 2.57. The zero-order chi connectivity index (χ0) is 16.7. The summed E-state index contributed by atoms with van der Waals surface area (Å²) in [5.74, 6) is -0.391. The Morgan fingerprint density at radius 2 is 2.00 bits per heavy atom. The molecule has 0 aliphatic rings. The zero-order valence-corrected chi connectivity index (χ0v) is 13.7. The minimum Gasteiger partial charge on any atom is -0.465 e. The van der Waals surface area contributed by atoms with E-state index in [1.165, 1.54) is 7.11 Å². The number of aliphatic hydroxyl groups excluding tert-OH is 1. The van der Waals surface area contributed by atoms with Gasteiger partial charge in [-0.25, -0.2) is 4.79 Å². The molecule has 0 saturated carbocycles. The van der Waals surface area contributed by atoms with Gasteiger partial charge in [0.05, 0.1) is 12.7 Å². The second-order valence-corrected chi connectivity index (χ2v) is 5.56. The second kappa shape index (κ2) is 8.67. The maximum Gasteiger partial charge on any atom is 0.337 e. The molecule has 0 saturated heterocycles. The van der Waals surface area contributed by atoms with Crippen molar-refractivity contribution < 1.29 is 14.6 Å². The Morgan fingerprint density at radius 1 is 1.26 bits per heavy atom. The zero-order valence-electron chi connectivity index (χ0n) is 13.0. The third-order valence-electron chi connectivity index (χ3n) is 3.63. The van der Waals surface area contributed by atoms with Crippen LogP contribution in [0, 0.1) is 0 Å². The lowest BCUT2D eigenvalue weighted by Crippen LogP contribution is -2.22. The van der Waals surface area contributed by atoms with Crippen LogP contribution in [0.4, 0.5) is 0 Å². The van der Waals surface area contributed by atoms with E-state index in [1.807, 2.05) is 30.3 Å². The minimum absolute atomic E-state index is 0.0130. The first-order chi connectivity index (χ1) is 11.2. The topological polar surface area (TPSA) is 58.6 Å². The SMILES string of the molecule is COC(=O)c1ccc(Cl)c(CNC(CCO)c2ccccc2)c1. The number of hydrogen-bond acceptors (Lipinski definition) is 4. The van der Waals surface area contributed by atoms with Gasteiger partial charge in [0.25, 0.3) is 0 Å². The van der Waals surface area contributed by atoms with E-state index in [0.717, 1.165) is 11.1 Å². The Bertz CT molecular complexity index is 646. The van der Waals surface area contributed by atoms with Gasteiger partial charge in [-0.3, -0.25) is 0 Å². The molecule has 0 spiro atoms. The standard InChI is InChI=1S/C18H20ClNO3/c1-23-18(22)14-7-8-16(19)15(11-14)12-20-17(9-10-21)13-5-3-2-4-6-13/h2-8,11,17,20-21H,9-10,12H2,1H3. The number of nitrogens with one attached hydrogen (secondary N) is 1. The maximum absolute atomic E-state index is 11.6. The van der Waals surface area contributed by atoms with Gasteiger partial charge in [-0.15, -0.1) is 0 Å². The molecular weight excluding hydrogens is 314 g/mol. The van der Waals surface area contributed by atoms with Crippen molar-refractivity contribution in [2.75, 3.05) is 13.7 Å². The molecule has 0 bridgehead atoms. The number of ether oxygens (including phenoxy) is 1. The molecule has 0 amide bonds. The van der Waals surface area contributed by atoms with Crippen LogP contribution in [0.3, 0.4) is 0 Å². The summed E-state index contributed by atoms with van der Waals surface area (Å²) >= 11 is 6.21. The van der Waals surface area contributed by atoms with E-state index >= 15 is 0 Å². The van der Waals surface area contributed by atoms with E-state index in [9.17, 15) is 9.90 Å². The van der Waals surface area contributed by atoms with E-state index in [-0.39, 0.29) is 12.6 Å². The average Bonchev–Trinajstić information content (AvgIpc) is 2.60. The minimum atomic E-state index is -0.391. The van der Waals surface area contributed by atoms with Gasteiger partial charge < -0.3 is 15.2 Å². The number of esters is 1. The first-order valence-electron chi connectivity index (χ1n) is 7.41. The van der Waals surface area contributed by atoms with Crippen LogP contribution < -0.4 is 5.32 Å². The Balaban J connectivity index is 2.13. The number of aliphatic hydroxyl groups is 1. The van der Waals surface area contributed by atoms with Crippen LogP contribution in [0.25, 0.3) is 0 Å². The molecular formula is C18H20ClNO3. The number of hydrogen-bond donors (Lipinski definition) is 2. The fraction of sp³-hybridized carbons (Fsp3) is 0.278. The van der Waals surface area contributed by atoms with Crippen LogP contribution in [0.2, 0.25) is 5.02 Å². The van der Waals surface area contributed by atoms with Crippen LogP contribution in [0.1, 0.15) is 33.9 Å². The second-order valence-electron chi connectivity index (χ2n) is 5.15. The Kier molecular flexibility index (Phi) is 6.59. The highest BCUT2D eigenvalue weighted by atomic mass is 35.5. The maximum atomic E-state index is 11.6. The lowest BCUT2D eigenvalue weighted by atomic mass is 10.0. The lowest BCUT2D eigenvalue weighted by molar-refractivity contribution is 0.0600.